The number of nitrogens with zero attached hydrogens (tertiary/aromatic N) is 2. The SMILES string of the molecule is CN1CCCCC1CCc1ccccc1NC(=O)c1cccnc1. The normalized spacial score (nSPS) is 18.3. The average Bonchev–Trinajstić information content (AvgIpc) is 2.63. The van der Waals surface area contributed by atoms with E-state index in [0.717, 1.165) is 18.5 Å². The highest BCUT2D eigenvalue weighted by Gasteiger charge is 2.19. The fourth-order valence-corrected chi connectivity index (χ4v) is 3.38. The number of benzene rings is 1. The van der Waals surface area contributed by atoms with Gasteiger partial charge in [0.2, 0.25) is 0 Å². The van der Waals surface area contributed by atoms with Crippen LogP contribution in [0.15, 0.2) is 48.8 Å². The van der Waals surface area contributed by atoms with Gasteiger partial charge in [-0.3, -0.25) is 9.78 Å². The number of aryl methyl sites for hydroxylation is 1. The molecule has 1 saturated heterocycles. The second-order valence-corrected chi connectivity index (χ2v) is 6.52. The molecule has 4 heteroatoms. The third-order valence-electron chi connectivity index (χ3n) is 4.86. The summed E-state index contributed by atoms with van der Waals surface area (Å²) in [6.45, 7) is 1.20. The molecular weight excluding hydrogens is 298 g/mol. The van der Waals surface area contributed by atoms with Crippen LogP contribution in [-0.4, -0.2) is 35.4 Å². The number of likely N-dealkylation sites (tertiary alicyclic amines) is 1. The van der Waals surface area contributed by atoms with Crippen LogP contribution in [0.2, 0.25) is 0 Å². The molecule has 1 aromatic heterocycles. The number of amides is 1. The van der Waals surface area contributed by atoms with Crippen molar-refractivity contribution in [1.82, 2.24) is 9.88 Å². The Balaban J connectivity index is 1.65. The van der Waals surface area contributed by atoms with Gasteiger partial charge in [0.25, 0.3) is 5.91 Å². The van der Waals surface area contributed by atoms with Gasteiger partial charge >= 0.3 is 0 Å². The van der Waals surface area contributed by atoms with Crippen molar-refractivity contribution in [2.75, 3.05) is 18.9 Å². The van der Waals surface area contributed by atoms with Gasteiger partial charge in [-0.2, -0.15) is 0 Å². The third-order valence-corrected chi connectivity index (χ3v) is 4.86. The maximum atomic E-state index is 12.4. The predicted octanol–water partition coefficient (Wildman–Crippen LogP) is 3.75. The molecule has 1 N–H and O–H groups in total. The Bertz CT molecular complexity index is 672. The zero-order valence-electron chi connectivity index (χ0n) is 14.2. The van der Waals surface area contributed by atoms with E-state index in [0.29, 0.717) is 11.6 Å². The van der Waals surface area contributed by atoms with Gasteiger partial charge in [0.1, 0.15) is 0 Å². The lowest BCUT2D eigenvalue weighted by Gasteiger charge is -2.32. The first-order valence-electron chi connectivity index (χ1n) is 8.73. The van der Waals surface area contributed by atoms with E-state index in [2.05, 4.69) is 28.3 Å². The third kappa shape index (κ3) is 4.20. The molecule has 0 radical (unpaired) electrons. The highest BCUT2D eigenvalue weighted by molar-refractivity contribution is 6.04. The Morgan fingerprint density at radius 3 is 2.92 bits per heavy atom. The molecule has 1 amide bonds. The van der Waals surface area contributed by atoms with E-state index in [9.17, 15) is 4.79 Å². The molecule has 2 heterocycles. The number of para-hydroxylation sites is 1. The Labute approximate surface area is 143 Å². The van der Waals surface area contributed by atoms with E-state index >= 15 is 0 Å². The second kappa shape index (κ2) is 8.06. The van der Waals surface area contributed by atoms with Crippen molar-refractivity contribution >= 4 is 11.6 Å². The zero-order valence-corrected chi connectivity index (χ0v) is 14.2. The largest absolute Gasteiger partial charge is 0.322 e. The van der Waals surface area contributed by atoms with Gasteiger partial charge in [0.05, 0.1) is 5.56 Å². The van der Waals surface area contributed by atoms with Crippen LogP contribution in [0.1, 0.15) is 41.6 Å². The highest BCUT2D eigenvalue weighted by atomic mass is 16.1. The molecule has 24 heavy (non-hydrogen) atoms. The molecule has 0 spiro atoms. The van der Waals surface area contributed by atoms with Crippen LogP contribution in [0, 0.1) is 0 Å². The number of piperidine rings is 1. The first kappa shape index (κ1) is 16.7. The molecule has 1 unspecified atom stereocenters. The molecule has 0 aliphatic carbocycles. The molecule has 0 saturated carbocycles. The van der Waals surface area contributed by atoms with Gasteiger partial charge in [-0.15, -0.1) is 0 Å². The molecule has 1 atom stereocenters. The molecule has 2 aromatic rings. The van der Waals surface area contributed by atoms with Crippen LogP contribution in [-0.2, 0) is 6.42 Å². The smallest absolute Gasteiger partial charge is 0.257 e. The molecule has 0 bridgehead atoms. The van der Waals surface area contributed by atoms with Crippen molar-refractivity contribution in [2.45, 2.75) is 38.1 Å². The number of carbonyl (C=O) groups is 1. The van der Waals surface area contributed by atoms with E-state index in [-0.39, 0.29) is 5.91 Å². The minimum Gasteiger partial charge on any atom is -0.322 e. The first-order chi connectivity index (χ1) is 11.7. The van der Waals surface area contributed by atoms with Crippen molar-refractivity contribution in [3.8, 4) is 0 Å². The summed E-state index contributed by atoms with van der Waals surface area (Å²) in [5, 5.41) is 3.03. The Morgan fingerprint density at radius 2 is 2.12 bits per heavy atom. The van der Waals surface area contributed by atoms with Crippen LogP contribution >= 0.6 is 0 Å². The molecule has 1 aliphatic heterocycles. The van der Waals surface area contributed by atoms with Crippen LogP contribution in [0.25, 0.3) is 0 Å². The number of hydrogen-bond acceptors (Lipinski definition) is 3. The Kier molecular flexibility index (Phi) is 5.59. The monoisotopic (exact) mass is 323 g/mol. The van der Waals surface area contributed by atoms with E-state index < -0.39 is 0 Å². The van der Waals surface area contributed by atoms with Gasteiger partial charge in [0.15, 0.2) is 0 Å². The zero-order chi connectivity index (χ0) is 16.8. The second-order valence-electron chi connectivity index (χ2n) is 6.52. The van der Waals surface area contributed by atoms with E-state index in [1.807, 2.05) is 18.2 Å². The molecule has 1 fully saturated rings. The lowest BCUT2D eigenvalue weighted by molar-refractivity contribution is 0.102. The lowest BCUT2D eigenvalue weighted by Crippen LogP contribution is -2.36. The van der Waals surface area contributed by atoms with E-state index in [1.54, 1.807) is 24.5 Å². The van der Waals surface area contributed by atoms with Crippen molar-refractivity contribution in [2.24, 2.45) is 0 Å². The average molecular weight is 323 g/mol. The summed E-state index contributed by atoms with van der Waals surface area (Å²) in [6.07, 6.45) is 9.30. The summed E-state index contributed by atoms with van der Waals surface area (Å²) >= 11 is 0. The van der Waals surface area contributed by atoms with Gasteiger partial charge in [0, 0.05) is 24.1 Å². The Morgan fingerprint density at radius 1 is 1.25 bits per heavy atom. The maximum absolute atomic E-state index is 12.4. The fourth-order valence-electron chi connectivity index (χ4n) is 3.38. The number of pyridine rings is 1. The number of hydrogen-bond donors (Lipinski definition) is 1. The Hall–Kier alpha value is -2.20. The topological polar surface area (TPSA) is 45.2 Å². The summed E-state index contributed by atoms with van der Waals surface area (Å²) in [5.74, 6) is -0.106. The van der Waals surface area contributed by atoms with Crippen LogP contribution < -0.4 is 5.32 Å². The lowest BCUT2D eigenvalue weighted by atomic mass is 9.96. The molecule has 1 aromatic carbocycles. The summed E-state index contributed by atoms with van der Waals surface area (Å²) in [7, 11) is 2.22. The van der Waals surface area contributed by atoms with Crippen LogP contribution in [0.4, 0.5) is 5.69 Å². The molecule has 126 valence electrons. The van der Waals surface area contributed by atoms with Gasteiger partial charge in [-0.1, -0.05) is 24.6 Å². The molecular formula is C20H25N3O. The van der Waals surface area contributed by atoms with Crippen molar-refractivity contribution in [3.63, 3.8) is 0 Å². The minimum absolute atomic E-state index is 0.106. The fraction of sp³-hybridized carbons (Fsp3) is 0.400. The summed E-state index contributed by atoms with van der Waals surface area (Å²) < 4.78 is 0. The number of aromatic nitrogens is 1. The van der Waals surface area contributed by atoms with Crippen LogP contribution in [0.3, 0.4) is 0 Å². The standard InChI is InChI=1S/C20H25N3O/c1-23-14-5-4-9-18(23)12-11-16-7-2-3-10-19(16)22-20(24)17-8-6-13-21-15-17/h2-3,6-8,10,13,15,18H,4-5,9,11-12,14H2,1H3,(H,22,24). The predicted molar refractivity (Wildman–Crippen MR) is 97.2 cm³/mol. The number of carbonyl (C=O) groups excluding carboxylic acids is 1. The summed E-state index contributed by atoms with van der Waals surface area (Å²) in [4.78, 5) is 18.8. The van der Waals surface area contributed by atoms with Crippen molar-refractivity contribution in [1.29, 1.82) is 0 Å². The van der Waals surface area contributed by atoms with Gasteiger partial charge in [-0.05, 0) is 63.0 Å². The minimum atomic E-state index is -0.106. The van der Waals surface area contributed by atoms with E-state index in [4.69, 9.17) is 0 Å². The molecule has 1 aliphatic rings. The van der Waals surface area contributed by atoms with Gasteiger partial charge in [-0.25, -0.2) is 0 Å². The maximum Gasteiger partial charge on any atom is 0.257 e. The quantitative estimate of drug-likeness (QED) is 0.911. The van der Waals surface area contributed by atoms with E-state index in [1.165, 1.54) is 31.4 Å². The summed E-state index contributed by atoms with van der Waals surface area (Å²) in [5.41, 5.74) is 2.69. The van der Waals surface area contributed by atoms with Crippen molar-refractivity contribution in [3.05, 3.63) is 59.9 Å². The number of rotatable bonds is 5. The number of anilines is 1. The molecule has 4 nitrogen and oxygen atoms in total. The van der Waals surface area contributed by atoms with Crippen LogP contribution in [0.5, 0.6) is 0 Å². The summed E-state index contributed by atoms with van der Waals surface area (Å²) in [6, 6.07) is 12.3. The number of nitrogens with one attached hydrogen (secondary N) is 1. The molecule has 3 rings (SSSR count). The highest BCUT2D eigenvalue weighted by Crippen LogP contribution is 2.23. The van der Waals surface area contributed by atoms with Gasteiger partial charge < -0.3 is 10.2 Å². The van der Waals surface area contributed by atoms with Crippen molar-refractivity contribution < 1.29 is 4.79 Å². The first-order valence-corrected chi connectivity index (χ1v) is 8.73.